The van der Waals surface area contributed by atoms with E-state index in [2.05, 4.69) is 4.74 Å². The molecular weight excluding hydrogens is 973 g/mol. The normalized spacial score (nSPS) is 17.0. The van der Waals surface area contributed by atoms with Crippen LogP contribution >= 0.6 is 0 Å². The number of esters is 1. The van der Waals surface area contributed by atoms with Crippen LogP contribution in [-0.2, 0) is 9.53 Å². The summed E-state index contributed by atoms with van der Waals surface area (Å²) in [7, 11) is 0. The highest BCUT2D eigenvalue weighted by Crippen LogP contribution is 2.70. The van der Waals surface area contributed by atoms with Crippen molar-refractivity contribution in [2.24, 2.45) is 0 Å². The van der Waals surface area contributed by atoms with Crippen molar-refractivity contribution in [3.8, 4) is 0 Å². The molecule has 0 aliphatic heterocycles. The predicted octanol–water partition coefficient (Wildman–Crippen LogP) is 12.6. The fourth-order valence-corrected chi connectivity index (χ4v) is 3.57. The first-order chi connectivity index (χ1) is 25.4. The Morgan fingerprint density at radius 2 is 0.500 bits per heavy atom. The fourth-order valence-electron chi connectivity index (χ4n) is 3.57. The Morgan fingerprint density at radius 3 is 0.667 bits per heavy atom. The summed E-state index contributed by atoms with van der Waals surface area (Å²) in [6, 6.07) is 0. The number of carbonyl (C=O) groups is 1. The highest BCUT2D eigenvalue weighted by Gasteiger charge is 3.02. The summed E-state index contributed by atoms with van der Waals surface area (Å²) in [5.41, 5.74) is -1.43. The minimum atomic E-state index is -10.4. The molecule has 0 unspecified atom stereocenters. The zero-order valence-electron chi connectivity index (χ0n) is 26.8. The van der Waals surface area contributed by atoms with E-state index in [-0.39, 0.29) is 6.92 Å². The number of rotatable bonds is 18. The van der Waals surface area contributed by atoms with Crippen molar-refractivity contribution >= 4 is 5.97 Å². The van der Waals surface area contributed by atoms with Crippen LogP contribution in [0.15, 0.2) is 11.6 Å². The molecule has 0 heterocycles. The molecule has 0 saturated carbocycles. The minimum absolute atomic E-state index is 0.221. The molecule has 0 saturated heterocycles. The molecule has 37 heteroatoms. The number of hydrogen-bond donors (Lipinski definition) is 0. The van der Waals surface area contributed by atoms with Gasteiger partial charge in [-0.3, -0.25) is 0 Å². The number of allylic oxidation sites excluding steroid dienone is 1. The first-order valence-corrected chi connectivity index (χ1v) is 13.4. The van der Waals surface area contributed by atoms with Gasteiger partial charge in [-0.2, -0.15) is 154 Å². The second-order valence-electron chi connectivity index (χ2n) is 11.3. The van der Waals surface area contributed by atoms with Gasteiger partial charge >= 0.3 is 107 Å². The fraction of sp³-hybridized carbons (Fsp3) is 0.870. The summed E-state index contributed by atoms with van der Waals surface area (Å²) >= 11 is 0. The summed E-state index contributed by atoms with van der Waals surface area (Å²) in [5.74, 6) is -151. The SMILES string of the molecule is CCC=C(C)C(=O)OC(F)(F)C(F)(F)C(F)(F)C(F)(F)C(F)(F)C(F)(F)C(F)(F)C(F)(F)C(F)(F)C(F)(F)C(F)(F)C(F)(F)C(F)(F)C(F)(F)C(F)(F)C(F)(F)C(F)(F)F. The number of carbonyl (C=O) groups excluding carboxylic acids is 1. The van der Waals surface area contributed by atoms with E-state index in [1.54, 1.807) is 0 Å². The minimum Gasteiger partial charge on any atom is -0.393 e. The first-order valence-electron chi connectivity index (χ1n) is 13.4. The molecule has 0 radical (unpaired) electrons. The van der Waals surface area contributed by atoms with E-state index in [1.807, 2.05) is 0 Å². The van der Waals surface area contributed by atoms with Gasteiger partial charge in [0.25, 0.3) is 0 Å². The third-order valence-corrected chi connectivity index (χ3v) is 7.30. The summed E-state index contributed by atoms with van der Waals surface area (Å²) in [5, 5.41) is 0. The van der Waals surface area contributed by atoms with E-state index < -0.39 is 119 Å². The maximum Gasteiger partial charge on any atom is 0.473 e. The van der Waals surface area contributed by atoms with Crippen molar-refractivity contribution in [1.29, 1.82) is 0 Å². The third-order valence-electron chi connectivity index (χ3n) is 7.30. The molecule has 0 atom stereocenters. The Labute approximate surface area is 303 Å². The summed E-state index contributed by atoms with van der Waals surface area (Å²) in [4.78, 5) is 11.3. The van der Waals surface area contributed by atoms with E-state index >= 15 is 0 Å². The van der Waals surface area contributed by atoms with Gasteiger partial charge in [-0.1, -0.05) is 13.0 Å². The number of halogens is 35. The van der Waals surface area contributed by atoms with Gasteiger partial charge in [-0.15, -0.1) is 0 Å². The summed E-state index contributed by atoms with van der Waals surface area (Å²) in [6.07, 6.45) is -16.5. The zero-order chi connectivity index (χ0) is 49.8. The quantitative estimate of drug-likeness (QED) is 0.0777. The van der Waals surface area contributed by atoms with Gasteiger partial charge < -0.3 is 4.74 Å². The molecule has 0 bridgehead atoms. The summed E-state index contributed by atoms with van der Waals surface area (Å²) < 4.78 is 479. The van der Waals surface area contributed by atoms with Gasteiger partial charge in [-0.25, -0.2) is 4.79 Å². The van der Waals surface area contributed by atoms with Crippen LogP contribution in [0.4, 0.5) is 154 Å². The van der Waals surface area contributed by atoms with E-state index in [4.69, 9.17) is 0 Å². The van der Waals surface area contributed by atoms with Crippen molar-refractivity contribution in [2.75, 3.05) is 0 Å². The monoisotopic (exact) mass is 982 g/mol. The lowest BCUT2D eigenvalue weighted by Gasteiger charge is -2.47. The Bertz CT molecular complexity index is 1610. The maximum absolute atomic E-state index is 14.0. The molecule has 0 aliphatic rings. The highest BCUT2D eigenvalue weighted by atomic mass is 19.4. The molecule has 0 amide bonds. The van der Waals surface area contributed by atoms with Gasteiger partial charge in [0, 0.05) is 5.57 Å². The number of hydrogen-bond acceptors (Lipinski definition) is 2. The average molecular weight is 982 g/mol. The van der Waals surface area contributed by atoms with Crippen molar-refractivity contribution < 1.29 is 163 Å². The zero-order valence-corrected chi connectivity index (χ0v) is 26.8. The van der Waals surface area contributed by atoms with E-state index in [0.717, 1.165) is 6.92 Å². The van der Waals surface area contributed by atoms with Crippen LogP contribution in [-0.4, -0.2) is 107 Å². The molecule has 0 aromatic carbocycles. The maximum atomic E-state index is 14.0. The van der Waals surface area contributed by atoms with Gasteiger partial charge in [0.15, 0.2) is 0 Å². The Hall–Kier alpha value is -3.24. The second kappa shape index (κ2) is 14.4. The van der Waals surface area contributed by atoms with E-state index in [1.165, 1.54) is 0 Å². The number of ether oxygens (including phenoxy) is 1. The highest BCUT2D eigenvalue weighted by molar-refractivity contribution is 5.87. The van der Waals surface area contributed by atoms with Gasteiger partial charge in [0.1, 0.15) is 0 Å². The van der Waals surface area contributed by atoms with E-state index in [9.17, 15) is 158 Å². The lowest BCUT2D eigenvalue weighted by molar-refractivity contribution is -0.494. The van der Waals surface area contributed by atoms with Crippen molar-refractivity contribution in [1.82, 2.24) is 0 Å². The van der Waals surface area contributed by atoms with Crippen molar-refractivity contribution in [2.45, 2.75) is 121 Å². The van der Waals surface area contributed by atoms with Crippen LogP contribution in [0, 0.1) is 0 Å². The molecular formula is C23H9F35O2. The molecule has 2 nitrogen and oxygen atoms in total. The largest absolute Gasteiger partial charge is 0.473 e. The molecule has 0 fully saturated rings. The smallest absolute Gasteiger partial charge is 0.393 e. The number of alkyl halides is 35. The lowest BCUT2D eigenvalue weighted by Crippen LogP contribution is -2.80. The third kappa shape index (κ3) is 6.78. The Morgan fingerprint density at radius 1 is 0.333 bits per heavy atom. The molecule has 0 aliphatic carbocycles. The van der Waals surface area contributed by atoms with Gasteiger partial charge in [-0.05, 0) is 13.3 Å². The van der Waals surface area contributed by atoms with Gasteiger partial charge in [0.2, 0.25) is 0 Å². The van der Waals surface area contributed by atoms with Crippen molar-refractivity contribution in [3.63, 3.8) is 0 Å². The molecule has 0 rings (SSSR count). The predicted molar refractivity (Wildman–Crippen MR) is 115 cm³/mol. The van der Waals surface area contributed by atoms with Crippen LogP contribution < -0.4 is 0 Å². The molecule has 60 heavy (non-hydrogen) atoms. The van der Waals surface area contributed by atoms with Crippen LogP contribution in [0.1, 0.15) is 20.3 Å². The second-order valence-corrected chi connectivity index (χ2v) is 11.3. The standard InChI is InChI=1S/C23H9F35O2/c1-3-4-5(2)6(59)60-23(57,58)21(52,53)19(48,49)17(44,45)15(40,41)13(36,37)11(32,33)9(28,29)7(24,25)8(26,27)10(30,31)12(34,35)14(38,39)16(42,43)18(46,47)20(50,51)22(54,55)56/h4H,3H2,1-2H3. The van der Waals surface area contributed by atoms with Crippen LogP contribution in [0.25, 0.3) is 0 Å². The van der Waals surface area contributed by atoms with Crippen molar-refractivity contribution in [3.05, 3.63) is 11.6 Å². The molecule has 0 N–H and O–H groups in total. The van der Waals surface area contributed by atoms with Gasteiger partial charge in [0.05, 0.1) is 0 Å². The van der Waals surface area contributed by atoms with E-state index in [0.29, 0.717) is 6.08 Å². The molecule has 0 spiro atoms. The average Bonchev–Trinajstić information content (AvgIpc) is 3.02. The van der Waals surface area contributed by atoms with Crippen LogP contribution in [0.3, 0.4) is 0 Å². The molecule has 0 aromatic heterocycles. The molecule has 358 valence electrons. The summed E-state index contributed by atoms with van der Waals surface area (Å²) in [6.45, 7) is 1.16. The topological polar surface area (TPSA) is 26.3 Å². The molecule has 0 aromatic rings. The Balaban J connectivity index is 7.78. The van der Waals surface area contributed by atoms with Crippen LogP contribution in [0.2, 0.25) is 0 Å². The lowest BCUT2D eigenvalue weighted by atomic mass is 9.82. The Kier molecular flexibility index (Phi) is 13.6. The first kappa shape index (κ1) is 56.8. The van der Waals surface area contributed by atoms with Crippen LogP contribution in [0.5, 0.6) is 0 Å².